The molecule has 2 atom stereocenters. The standard InChI is InChI=1S/C14H21N3O2/c1-11-6-7-16(10-13(11)8-15)9-12-2-4-14(5-3-12)17(18)19/h2-5,11,13H,6-10,15H2,1H3. The van der Waals surface area contributed by atoms with Crippen LogP contribution < -0.4 is 5.73 Å². The van der Waals surface area contributed by atoms with Gasteiger partial charge >= 0.3 is 0 Å². The van der Waals surface area contributed by atoms with E-state index in [2.05, 4.69) is 11.8 Å². The topological polar surface area (TPSA) is 72.4 Å². The van der Waals surface area contributed by atoms with Gasteiger partial charge in [-0.3, -0.25) is 15.0 Å². The lowest BCUT2D eigenvalue weighted by atomic mass is 9.87. The van der Waals surface area contributed by atoms with Crippen molar-refractivity contribution in [2.45, 2.75) is 19.9 Å². The van der Waals surface area contributed by atoms with Crippen LogP contribution >= 0.6 is 0 Å². The Labute approximate surface area is 113 Å². The van der Waals surface area contributed by atoms with Crippen LogP contribution in [0.15, 0.2) is 24.3 Å². The fourth-order valence-corrected chi connectivity index (χ4v) is 2.66. The number of benzene rings is 1. The van der Waals surface area contributed by atoms with Gasteiger partial charge in [0.2, 0.25) is 0 Å². The van der Waals surface area contributed by atoms with Crippen LogP contribution in [0.4, 0.5) is 5.69 Å². The maximum atomic E-state index is 10.6. The van der Waals surface area contributed by atoms with Gasteiger partial charge in [0.15, 0.2) is 0 Å². The Hall–Kier alpha value is -1.46. The van der Waals surface area contributed by atoms with E-state index < -0.39 is 0 Å². The van der Waals surface area contributed by atoms with Gasteiger partial charge in [-0.25, -0.2) is 0 Å². The van der Waals surface area contributed by atoms with Crippen LogP contribution in [0.5, 0.6) is 0 Å². The maximum Gasteiger partial charge on any atom is 0.269 e. The molecule has 1 aromatic carbocycles. The summed E-state index contributed by atoms with van der Waals surface area (Å²) in [5.74, 6) is 1.25. The number of hydrogen-bond acceptors (Lipinski definition) is 4. The predicted molar refractivity (Wildman–Crippen MR) is 74.7 cm³/mol. The molecule has 1 saturated heterocycles. The number of nitro groups is 1. The van der Waals surface area contributed by atoms with Gasteiger partial charge in [-0.1, -0.05) is 19.1 Å². The van der Waals surface area contributed by atoms with Gasteiger partial charge in [-0.05, 0) is 36.9 Å². The molecule has 1 aromatic rings. The van der Waals surface area contributed by atoms with Crippen molar-refractivity contribution in [1.82, 2.24) is 4.90 Å². The maximum absolute atomic E-state index is 10.6. The van der Waals surface area contributed by atoms with Gasteiger partial charge in [0.05, 0.1) is 4.92 Å². The highest BCUT2D eigenvalue weighted by molar-refractivity contribution is 5.32. The van der Waals surface area contributed by atoms with Crippen molar-refractivity contribution in [3.05, 3.63) is 39.9 Å². The van der Waals surface area contributed by atoms with Crippen LogP contribution in [-0.4, -0.2) is 29.5 Å². The third-order valence-electron chi connectivity index (χ3n) is 4.05. The Kier molecular flexibility index (Phi) is 4.50. The number of piperidine rings is 1. The summed E-state index contributed by atoms with van der Waals surface area (Å²) in [4.78, 5) is 12.6. The van der Waals surface area contributed by atoms with Crippen LogP contribution in [0.1, 0.15) is 18.9 Å². The molecule has 2 unspecified atom stereocenters. The third-order valence-corrected chi connectivity index (χ3v) is 4.05. The second-order valence-electron chi connectivity index (χ2n) is 5.42. The second kappa shape index (κ2) is 6.12. The van der Waals surface area contributed by atoms with Crippen molar-refractivity contribution in [2.24, 2.45) is 17.6 Å². The molecular weight excluding hydrogens is 242 g/mol. The van der Waals surface area contributed by atoms with E-state index in [4.69, 9.17) is 5.73 Å². The molecule has 1 aliphatic heterocycles. The average molecular weight is 263 g/mol. The van der Waals surface area contributed by atoms with Crippen LogP contribution in [0.25, 0.3) is 0 Å². The summed E-state index contributed by atoms with van der Waals surface area (Å²) in [6.45, 7) is 5.95. The lowest BCUT2D eigenvalue weighted by molar-refractivity contribution is -0.384. The summed E-state index contributed by atoms with van der Waals surface area (Å²) in [6.07, 6.45) is 1.18. The molecule has 5 nitrogen and oxygen atoms in total. The van der Waals surface area contributed by atoms with Gasteiger partial charge in [-0.2, -0.15) is 0 Å². The fraction of sp³-hybridized carbons (Fsp3) is 0.571. The summed E-state index contributed by atoms with van der Waals surface area (Å²) in [5.41, 5.74) is 7.07. The number of nitrogens with zero attached hydrogens (tertiary/aromatic N) is 2. The smallest absolute Gasteiger partial charge is 0.269 e. The molecule has 19 heavy (non-hydrogen) atoms. The lowest BCUT2D eigenvalue weighted by Crippen LogP contribution is -2.42. The molecule has 1 heterocycles. The van der Waals surface area contributed by atoms with Gasteiger partial charge in [0.25, 0.3) is 5.69 Å². The molecular formula is C14H21N3O2. The number of likely N-dealkylation sites (tertiary alicyclic amines) is 1. The first kappa shape index (κ1) is 14.0. The molecule has 2 N–H and O–H groups in total. The summed E-state index contributed by atoms with van der Waals surface area (Å²) >= 11 is 0. The molecule has 2 rings (SSSR count). The molecule has 0 aliphatic carbocycles. The van der Waals surface area contributed by atoms with Gasteiger partial charge in [0, 0.05) is 25.2 Å². The van der Waals surface area contributed by atoms with Gasteiger partial charge in [0.1, 0.15) is 0 Å². The number of hydrogen-bond donors (Lipinski definition) is 1. The lowest BCUT2D eigenvalue weighted by Gasteiger charge is -2.36. The molecule has 1 aliphatic rings. The first-order chi connectivity index (χ1) is 9.10. The van der Waals surface area contributed by atoms with E-state index in [1.807, 2.05) is 12.1 Å². The normalized spacial score (nSPS) is 24.3. The monoisotopic (exact) mass is 263 g/mol. The summed E-state index contributed by atoms with van der Waals surface area (Å²) in [6, 6.07) is 6.83. The largest absolute Gasteiger partial charge is 0.330 e. The SMILES string of the molecule is CC1CCN(Cc2ccc([N+](=O)[O-])cc2)CC1CN. The highest BCUT2D eigenvalue weighted by Crippen LogP contribution is 2.23. The Balaban J connectivity index is 1.95. The van der Waals surface area contributed by atoms with E-state index in [0.717, 1.165) is 31.7 Å². The zero-order chi connectivity index (χ0) is 13.8. The van der Waals surface area contributed by atoms with Crippen molar-refractivity contribution >= 4 is 5.69 Å². The first-order valence-corrected chi connectivity index (χ1v) is 6.76. The van der Waals surface area contributed by atoms with Crippen LogP contribution in [0.2, 0.25) is 0 Å². The first-order valence-electron chi connectivity index (χ1n) is 6.76. The number of nitro benzene ring substituents is 1. The van der Waals surface area contributed by atoms with Crippen LogP contribution in [0.3, 0.4) is 0 Å². The van der Waals surface area contributed by atoms with Crippen LogP contribution in [0, 0.1) is 22.0 Å². The van der Waals surface area contributed by atoms with E-state index in [-0.39, 0.29) is 10.6 Å². The minimum Gasteiger partial charge on any atom is -0.330 e. The molecule has 5 heteroatoms. The van der Waals surface area contributed by atoms with E-state index in [1.54, 1.807) is 12.1 Å². The summed E-state index contributed by atoms with van der Waals surface area (Å²) in [5, 5.41) is 10.6. The van der Waals surface area contributed by atoms with E-state index >= 15 is 0 Å². The molecule has 104 valence electrons. The molecule has 1 fully saturated rings. The Morgan fingerprint density at radius 1 is 1.42 bits per heavy atom. The molecule has 0 saturated carbocycles. The van der Waals surface area contributed by atoms with Crippen molar-refractivity contribution in [1.29, 1.82) is 0 Å². The van der Waals surface area contributed by atoms with Gasteiger partial charge < -0.3 is 5.73 Å². The number of nitrogens with two attached hydrogens (primary N) is 1. The molecule has 0 spiro atoms. The van der Waals surface area contributed by atoms with Crippen molar-refractivity contribution in [2.75, 3.05) is 19.6 Å². The zero-order valence-electron chi connectivity index (χ0n) is 11.3. The van der Waals surface area contributed by atoms with Crippen molar-refractivity contribution < 1.29 is 4.92 Å². The van der Waals surface area contributed by atoms with Crippen molar-refractivity contribution in [3.8, 4) is 0 Å². The van der Waals surface area contributed by atoms with Gasteiger partial charge in [-0.15, -0.1) is 0 Å². The molecule has 0 radical (unpaired) electrons. The quantitative estimate of drug-likeness (QED) is 0.666. The summed E-state index contributed by atoms with van der Waals surface area (Å²) < 4.78 is 0. The Morgan fingerprint density at radius 2 is 2.11 bits per heavy atom. The van der Waals surface area contributed by atoms with E-state index in [9.17, 15) is 10.1 Å². The highest BCUT2D eigenvalue weighted by atomic mass is 16.6. The number of rotatable bonds is 4. The minimum atomic E-state index is -0.364. The van der Waals surface area contributed by atoms with E-state index in [1.165, 1.54) is 6.42 Å². The molecule has 0 aromatic heterocycles. The minimum absolute atomic E-state index is 0.149. The Morgan fingerprint density at radius 3 is 2.68 bits per heavy atom. The van der Waals surface area contributed by atoms with E-state index in [0.29, 0.717) is 11.8 Å². The van der Waals surface area contributed by atoms with Crippen molar-refractivity contribution in [3.63, 3.8) is 0 Å². The highest BCUT2D eigenvalue weighted by Gasteiger charge is 2.24. The average Bonchev–Trinajstić information content (AvgIpc) is 2.41. The third kappa shape index (κ3) is 3.52. The zero-order valence-corrected chi connectivity index (χ0v) is 11.3. The predicted octanol–water partition coefficient (Wildman–Crippen LogP) is 2.01. The van der Waals surface area contributed by atoms with Crippen LogP contribution in [-0.2, 0) is 6.54 Å². The fourth-order valence-electron chi connectivity index (χ4n) is 2.66. The molecule has 0 bridgehead atoms. The number of non-ortho nitro benzene ring substituents is 1. The Bertz CT molecular complexity index is 433. The summed E-state index contributed by atoms with van der Waals surface area (Å²) in [7, 11) is 0. The molecule has 0 amide bonds. The second-order valence-corrected chi connectivity index (χ2v) is 5.42.